The Morgan fingerprint density at radius 2 is 1.87 bits per heavy atom. The van der Waals surface area contributed by atoms with Crippen LogP contribution in [0.5, 0.6) is 0 Å². The minimum absolute atomic E-state index is 1.05. The largest absolute Gasteiger partial charge is 0.673 e. The summed E-state index contributed by atoms with van der Waals surface area (Å²) in [6.07, 6.45) is 6.95. The van der Waals surface area contributed by atoms with Gasteiger partial charge in [0.1, 0.15) is 13.3 Å². The number of aryl methyl sites for hydroxylation is 1. The van der Waals surface area contributed by atoms with E-state index in [2.05, 4.69) is 11.5 Å². The van der Waals surface area contributed by atoms with Crippen molar-refractivity contribution in [2.45, 2.75) is 19.9 Å². The van der Waals surface area contributed by atoms with E-state index in [0.717, 1.165) is 13.0 Å². The number of imidazole rings is 1. The molecule has 3 nitrogen and oxygen atoms in total. The van der Waals surface area contributed by atoms with E-state index in [1.807, 2.05) is 18.7 Å². The summed E-state index contributed by atoms with van der Waals surface area (Å²) in [5.41, 5.74) is 0. The number of halogens is 4. The van der Waals surface area contributed by atoms with E-state index in [1.54, 1.807) is 11.8 Å². The Kier molecular flexibility index (Phi) is 5.80. The third kappa shape index (κ3) is 9.11. The normalized spacial score (nSPS) is 10.5. The summed E-state index contributed by atoms with van der Waals surface area (Å²) in [6, 6.07) is 0. The standard InChI is InChI=1S/C7H13N2O.BF4/c1-3-4-8-5-6-9(7-8)10-2;2-1(3,4)5/h5-7H,3-4H2,1-2H3;/q+1;-1. The van der Waals surface area contributed by atoms with Crippen LogP contribution in [0, 0.1) is 0 Å². The fraction of sp³-hybridized carbons (Fsp3) is 0.571. The molecule has 0 radical (unpaired) electrons. The Bertz CT molecular complexity index is 270. The van der Waals surface area contributed by atoms with E-state index in [1.165, 1.54) is 0 Å². The highest BCUT2D eigenvalue weighted by molar-refractivity contribution is 6.50. The number of aromatic nitrogens is 2. The summed E-state index contributed by atoms with van der Waals surface area (Å²) in [5.74, 6) is 0. The maximum Gasteiger partial charge on any atom is 0.673 e. The Labute approximate surface area is 85.3 Å². The van der Waals surface area contributed by atoms with Gasteiger partial charge in [0, 0.05) is 0 Å². The van der Waals surface area contributed by atoms with E-state index in [4.69, 9.17) is 4.84 Å². The zero-order valence-electron chi connectivity index (χ0n) is 8.54. The van der Waals surface area contributed by atoms with Crippen molar-refractivity contribution in [3.05, 3.63) is 18.7 Å². The van der Waals surface area contributed by atoms with Gasteiger partial charge < -0.3 is 22.1 Å². The lowest BCUT2D eigenvalue weighted by Crippen LogP contribution is -2.30. The summed E-state index contributed by atoms with van der Waals surface area (Å²) in [5, 5.41) is 0. The van der Waals surface area contributed by atoms with Crippen molar-refractivity contribution in [3.8, 4) is 0 Å². The molecule has 8 heteroatoms. The molecule has 1 rings (SSSR count). The summed E-state index contributed by atoms with van der Waals surface area (Å²) >= 11 is 0. The van der Waals surface area contributed by atoms with Crippen molar-refractivity contribution in [2.75, 3.05) is 7.11 Å². The van der Waals surface area contributed by atoms with E-state index in [9.17, 15) is 17.3 Å². The van der Waals surface area contributed by atoms with Crippen LogP contribution in [0.25, 0.3) is 0 Å². The summed E-state index contributed by atoms with van der Waals surface area (Å²) in [6.45, 7) is 3.20. The molecule has 0 fully saturated rings. The van der Waals surface area contributed by atoms with Gasteiger partial charge in [-0.1, -0.05) is 11.7 Å². The molecule has 0 saturated heterocycles. The maximum absolute atomic E-state index is 9.75. The third-order valence-corrected chi connectivity index (χ3v) is 1.36. The van der Waals surface area contributed by atoms with Crippen molar-refractivity contribution in [1.82, 2.24) is 4.73 Å². The van der Waals surface area contributed by atoms with Gasteiger partial charge in [0.25, 0.3) is 6.33 Å². The summed E-state index contributed by atoms with van der Waals surface area (Å²) in [4.78, 5) is 4.94. The van der Waals surface area contributed by atoms with Gasteiger partial charge in [-0.05, 0) is 6.42 Å². The van der Waals surface area contributed by atoms with Crippen molar-refractivity contribution in [2.24, 2.45) is 0 Å². The lowest BCUT2D eigenvalue weighted by Gasteiger charge is -1.94. The smallest absolute Gasteiger partial charge is 0.418 e. The molecule has 0 bridgehead atoms. The second-order valence-corrected chi connectivity index (χ2v) is 2.69. The second kappa shape index (κ2) is 6.31. The van der Waals surface area contributed by atoms with Gasteiger partial charge in [0.2, 0.25) is 0 Å². The lowest BCUT2D eigenvalue weighted by molar-refractivity contribution is -0.697. The molecule has 0 aliphatic heterocycles. The van der Waals surface area contributed by atoms with Crippen LogP contribution >= 0.6 is 0 Å². The minimum Gasteiger partial charge on any atom is -0.418 e. The van der Waals surface area contributed by atoms with Crippen LogP contribution in [0.15, 0.2) is 18.7 Å². The lowest BCUT2D eigenvalue weighted by atomic mass is 10.3. The van der Waals surface area contributed by atoms with E-state index in [-0.39, 0.29) is 0 Å². The number of hydrogen-bond donors (Lipinski definition) is 0. The van der Waals surface area contributed by atoms with Crippen molar-refractivity contribution in [3.63, 3.8) is 0 Å². The Morgan fingerprint density at radius 3 is 2.20 bits per heavy atom. The van der Waals surface area contributed by atoms with Crippen molar-refractivity contribution >= 4 is 7.25 Å². The fourth-order valence-electron chi connectivity index (χ4n) is 0.873. The van der Waals surface area contributed by atoms with Gasteiger partial charge in [0.05, 0.1) is 6.54 Å². The molecule has 0 saturated carbocycles. The van der Waals surface area contributed by atoms with E-state index >= 15 is 0 Å². The molecule has 15 heavy (non-hydrogen) atoms. The van der Waals surface area contributed by atoms with E-state index < -0.39 is 7.25 Å². The van der Waals surface area contributed by atoms with Crippen molar-refractivity contribution < 1.29 is 26.7 Å². The van der Waals surface area contributed by atoms with Gasteiger partial charge in [0.15, 0.2) is 6.20 Å². The topological polar surface area (TPSA) is 18.0 Å². The second-order valence-electron chi connectivity index (χ2n) is 2.69. The maximum atomic E-state index is 9.75. The number of rotatable bonds is 3. The van der Waals surface area contributed by atoms with Crippen LogP contribution in [-0.2, 0) is 6.54 Å². The first-order valence-electron chi connectivity index (χ1n) is 4.35. The molecule has 0 amide bonds. The molecular weight excluding hydrogens is 215 g/mol. The van der Waals surface area contributed by atoms with Crippen LogP contribution in [0.4, 0.5) is 17.3 Å². The van der Waals surface area contributed by atoms with Crippen LogP contribution in [0.1, 0.15) is 13.3 Å². The van der Waals surface area contributed by atoms with E-state index in [0.29, 0.717) is 0 Å². The quantitative estimate of drug-likeness (QED) is 0.436. The molecule has 88 valence electrons. The monoisotopic (exact) mass is 228 g/mol. The van der Waals surface area contributed by atoms with Gasteiger partial charge in [-0.3, -0.25) is 0 Å². The van der Waals surface area contributed by atoms with Crippen molar-refractivity contribution in [1.29, 1.82) is 0 Å². The van der Waals surface area contributed by atoms with Crippen LogP contribution in [0.3, 0.4) is 0 Å². The predicted molar refractivity (Wildman–Crippen MR) is 47.6 cm³/mol. The predicted octanol–water partition coefficient (Wildman–Crippen LogP) is 1.54. The third-order valence-electron chi connectivity index (χ3n) is 1.36. The zero-order valence-corrected chi connectivity index (χ0v) is 8.54. The first kappa shape index (κ1) is 13.8. The highest BCUT2D eigenvalue weighted by Crippen LogP contribution is 2.06. The van der Waals surface area contributed by atoms with Crippen LogP contribution in [-0.4, -0.2) is 19.1 Å². The van der Waals surface area contributed by atoms with Gasteiger partial charge in [-0.2, -0.15) is 0 Å². The van der Waals surface area contributed by atoms with Gasteiger partial charge in [-0.25, -0.2) is 4.57 Å². The molecular formula is C7H13BF4N2O. The molecule has 0 N–H and O–H groups in total. The number of hydrogen-bond acceptors (Lipinski definition) is 1. The Morgan fingerprint density at radius 1 is 1.33 bits per heavy atom. The molecule has 0 spiro atoms. The van der Waals surface area contributed by atoms with Gasteiger partial charge in [-0.15, -0.1) is 0 Å². The zero-order chi connectivity index (χ0) is 11.9. The highest BCUT2D eigenvalue weighted by Gasteiger charge is 2.20. The minimum atomic E-state index is -6.00. The van der Waals surface area contributed by atoms with Gasteiger partial charge >= 0.3 is 7.25 Å². The van der Waals surface area contributed by atoms with Crippen LogP contribution in [0.2, 0.25) is 0 Å². The Hall–Kier alpha value is -1.21. The fourth-order valence-corrected chi connectivity index (χ4v) is 0.873. The van der Waals surface area contributed by atoms with Crippen LogP contribution < -0.4 is 9.40 Å². The summed E-state index contributed by atoms with van der Waals surface area (Å²) < 4.78 is 42.8. The summed E-state index contributed by atoms with van der Waals surface area (Å²) in [7, 11) is -4.35. The molecule has 1 aromatic heterocycles. The molecule has 1 heterocycles. The first-order valence-corrected chi connectivity index (χ1v) is 4.35. The number of nitrogens with zero attached hydrogens (tertiary/aromatic N) is 2. The average Bonchev–Trinajstić information content (AvgIpc) is 2.50. The molecule has 0 unspecified atom stereocenters. The molecule has 1 aromatic rings. The first-order chi connectivity index (χ1) is 6.86. The molecule has 0 aliphatic rings. The SMILES string of the molecule is CCC[n+]1ccn(OC)c1.F[B-](F)(F)F. The Balaban J connectivity index is 0.000000336. The molecule has 0 aliphatic carbocycles. The molecule has 0 atom stereocenters. The highest BCUT2D eigenvalue weighted by atomic mass is 19.5. The molecule has 0 aromatic carbocycles. The average molecular weight is 228 g/mol.